The first-order valence-electron chi connectivity index (χ1n) is 34.3. The van der Waals surface area contributed by atoms with Crippen molar-refractivity contribution in [2.45, 2.75) is 114 Å². The van der Waals surface area contributed by atoms with E-state index >= 15 is 0 Å². The van der Waals surface area contributed by atoms with Gasteiger partial charge in [0.05, 0.1) is 61.9 Å². The van der Waals surface area contributed by atoms with E-state index in [-0.39, 0.29) is 110 Å². The van der Waals surface area contributed by atoms with Crippen molar-refractivity contribution < 1.29 is 101 Å². The van der Waals surface area contributed by atoms with Crippen LogP contribution < -0.4 is 29.7 Å². The third kappa shape index (κ3) is 20.1. The number of aryl methyl sites for hydroxylation is 1. The Bertz CT molecular complexity index is 4770. The van der Waals surface area contributed by atoms with Crippen molar-refractivity contribution in [1.82, 2.24) is 19.9 Å². The van der Waals surface area contributed by atoms with Crippen molar-refractivity contribution in [3.63, 3.8) is 0 Å². The number of hydrogen-bond acceptors (Lipinski definition) is 21. The molecule has 9 aromatic rings. The standard InChI is InChI=1S/C20H20N4O4S2.C17H23BO4.C16H15NO3.C15H13NO3.C11H12O3.CH3.W/c1-12-19(30(21,26)27)29-20(23-12)24(2)18(25)15-9-13-6-7-16(11-14(13)10-15)28-17-5-3-4-8-22-17;1-16(2)17(3,4)22-18(21-16)14-7-6-11-8-13(15(19)20-5)9-12(11)10-14;1-19-16(18)13-8-11-5-6-14(10-12(11)9-13)20-15-4-2-3-7-17-15;17-15(18)12-7-10-4-5-13(9-11(10)8-12)19-14-3-1-2-6-16-14;1-14-11(13)9-4-7-2-3-10(12)6-8(7)5-9;;/h3-8,11,15H,9-10H2,1-2H3,(H2,21,26,27);6-7,10,13H,8-9H2,1-5H3;2-7,10,13H,8-9H2,1H3;1-6,9,12H,7-8H2,(H,17,18);2-3,6,9,12H,4-5H2,1H3;1H3;/q;;;;;-1;. The molecule has 0 radical (unpaired) electrons. The molecule has 23 nitrogen and oxygen atoms in total. The normalized spacial score (nSPS) is 18.1. The van der Waals surface area contributed by atoms with E-state index in [0.29, 0.717) is 78.5 Å². The number of carboxylic acids is 1. The van der Waals surface area contributed by atoms with Crippen molar-refractivity contribution in [2.75, 3.05) is 33.3 Å². The van der Waals surface area contributed by atoms with Crippen LogP contribution >= 0.6 is 11.3 Å². The smallest absolute Gasteiger partial charge is 0.494 e. The second kappa shape index (κ2) is 35.4. The van der Waals surface area contributed by atoms with E-state index in [1.165, 1.54) is 42.9 Å². The van der Waals surface area contributed by atoms with Crippen LogP contribution in [0.3, 0.4) is 0 Å². The Labute approximate surface area is 642 Å². The number of nitrogens with zero attached hydrogens (tertiary/aromatic N) is 5. The van der Waals surface area contributed by atoms with Crippen molar-refractivity contribution in [3.05, 3.63) is 233 Å². The predicted octanol–water partition coefficient (Wildman–Crippen LogP) is 11.7. The number of fused-ring (bicyclic) bond motifs is 5. The number of carbonyl (C=O) groups is 5. The van der Waals surface area contributed by atoms with E-state index in [4.69, 9.17) is 48.0 Å². The van der Waals surface area contributed by atoms with Gasteiger partial charge < -0.3 is 55.4 Å². The van der Waals surface area contributed by atoms with E-state index in [2.05, 4.69) is 32.1 Å². The molecule has 1 fully saturated rings. The number of carboxylic acid groups (broad SMARTS) is 1. The fourth-order valence-corrected chi connectivity index (χ4v) is 15.3. The van der Waals surface area contributed by atoms with Gasteiger partial charge in [-0.3, -0.25) is 28.9 Å². The fourth-order valence-electron chi connectivity index (χ4n) is 13.4. The number of esters is 3. The summed E-state index contributed by atoms with van der Waals surface area (Å²) in [7, 11) is 1.67. The zero-order valence-corrected chi connectivity index (χ0v) is 65.7. The Morgan fingerprint density at radius 2 is 0.860 bits per heavy atom. The van der Waals surface area contributed by atoms with Crippen molar-refractivity contribution in [1.29, 1.82) is 0 Å². The summed E-state index contributed by atoms with van der Waals surface area (Å²) in [4.78, 5) is 76.6. The number of aliphatic carboxylic acids is 1. The number of phenols is 1. The number of sulfonamides is 1. The number of nitrogens with two attached hydrogens (primary N) is 1. The summed E-state index contributed by atoms with van der Waals surface area (Å²) in [5, 5.41) is 23.8. The molecule has 560 valence electrons. The second-order valence-corrected chi connectivity index (χ2v) is 30.2. The van der Waals surface area contributed by atoms with Crippen LogP contribution in [-0.2, 0) is 143 Å². The Morgan fingerprint density at radius 3 is 1.23 bits per heavy atom. The number of aromatic hydroxyl groups is 1. The van der Waals surface area contributed by atoms with Crippen LogP contribution in [0.15, 0.2) is 168 Å². The van der Waals surface area contributed by atoms with Gasteiger partial charge in [0, 0.05) is 70.8 Å². The maximum Gasteiger partial charge on any atom is 0.494 e. The maximum absolute atomic E-state index is 13.0. The Balaban J connectivity index is 0.000000157. The Hall–Kier alpha value is -9.69. The number of phenolic OH excluding ortho intramolecular Hbond substituents is 1. The number of primary sulfonamides is 1. The monoisotopic (exact) mass is 1660 g/mol. The van der Waals surface area contributed by atoms with E-state index in [9.17, 15) is 37.5 Å². The Kier molecular flexibility index (Phi) is 26.9. The molecule has 0 bridgehead atoms. The quantitative estimate of drug-likeness (QED) is 0.0394. The number of hydrogen-bond donors (Lipinski definition) is 3. The molecule has 0 saturated carbocycles. The molecule has 107 heavy (non-hydrogen) atoms. The summed E-state index contributed by atoms with van der Waals surface area (Å²) in [5.41, 5.74) is 11.9. The number of rotatable bonds is 14. The van der Waals surface area contributed by atoms with Crippen molar-refractivity contribution in [2.24, 2.45) is 34.7 Å². The van der Waals surface area contributed by atoms with Gasteiger partial charge in [0.25, 0.3) is 0 Å². The molecule has 27 heteroatoms. The number of aromatic nitrogens is 4. The first kappa shape index (κ1) is 81.4. The average molecular weight is 1660 g/mol. The zero-order valence-electron chi connectivity index (χ0n) is 61.2. The van der Waals surface area contributed by atoms with Crippen LogP contribution in [0.4, 0.5) is 5.13 Å². The van der Waals surface area contributed by atoms with Gasteiger partial charge in [-0.25, -0.2) is 33.5 Å². The summed E-state index contributed by atoms with van der Waals surface area (Å²) in [5.74, 6) is 1.92. The summed E-state index contributed by atoms with van der Waals surface area (Å²) in [6, 6.07) is 45.3. The van der Waals surface area contributed by atoms with Gasteiger partial charge in [-0.1, -0.05) is 72.0 Å². The van der Waals surface area contributed by atoms with Gasteiger partial charge in [-0.15, -0.1) is 0 Å². The molecular weight excluding hydrogens is 1580 g/mol. The number of anilines is 1. The summed E-state index contributed by atoms with van der Waals surface area (Å²) < 4.78 is 67.0. The minimum Gasteiger partial charge on any atom is -0.508 e. The largest absolute Gasteiger partial charge is 0.508 e. The number of ether oxygens (including phenoxy) is 6. The summed E-state index contributed by atoms with van der Waals surface area (Å²) >= 11 is 0.903. The predicted molar refractivity (Wildman–Crippen MR) is 399 cm³/mol. The van der Waals surface area contributed by atoms with Crippen molar-refractivity contribution in [3.8, 4) is 40.6 Å². The molecule has 1 amide bonds. The van der Waals surface area contributed by atoms with Crippen LogP contribution in [0.1, 0.15) is 89.0 Å². The topological polar surface area (TPSA) is 315 Å². The third-order valence-electron chi connectivity index (χ3n) is 19.6. The number of thiazole rings is 1. The minimum atomic E-state index is -3.87. The first-order valence-corrected chi connectivity index (χ1v) is 36.6. The minimum absolute atomic E-state index is 0. The summed E-state index contributed by atoms with van der Waals surface area (Å²) in [6.45, 7) is 9.76. The summed E-state index contributed by atoms with van der Waals surface area (Å²) in [6.07, 6.45) is 11.7. The molecule has 5 unspecified atom stereocenters. The van der Waals surface area contributed by atoms with Crippen LogP contribution in [0.25, 0.3) is 0 Å². The van der Waals surface area contributed by atoms with E-state index in [0.717, 1.165) is 87.2 Å². The third-order valence-corrected chi connectivity index (χ3v) is 22.4. The number of carbonyl (C=O) groups excluding carboxylic acids is 4. The molecule has 4 N–H and O–H groups in total. The van der Waals surface area contributed by atoms with E-state index in [1.54, 1.807) is 56.8 Å². The van der Waals surface area contributed by atoms with Crippen molar-refractivity contribution >= 4 is 68.9 Å². The van der Waals surface area contributed by atoms with Gasteiger partial charge in [0.15, 0.2) is 9.34 Å². The van der Waals surface area contributed by atoms with E-state index in [1.807, 2.05) is 137 Å². The fraction of sp³-hybridized carbons (Fsp3) is 0.325. The maximum atomic E-state index is 13.0. The van der Waals surface area contributed by atoms with Gasteiger partial charge in [0.2, 0.25) is 33.6 Å². The first-order chi connectivity index (χ1) is 50.1. The molecule has 5 heterocycles. The number of amides is 1. The average Bonchev–Trinajstić information content (AvgIpc) is 1.63. The molecule has 1 aliphatic heterocycles. The molecule has 1 saturated heterocycles. The molecule has 5 aliphatic carbocycles. The van der Waals surface area contributed by atoms with Gasteiger partial charge in [-0.2, -0.15) is 0 Å². The second-order valence-electron chi connectivity index (χ2n) is 27.4. The molecule has 6 aliphatic rings. The Morgan fingerprint density at radius 1 is 0.514 bits per heavy atom. The number of methoxy groups -OCH3 is 3. The number of benzene rings is 5. The van der Waals surface area contributed by atoms with Gasteiger partial charge >= 0.3 is 31.0 Å². The molecule has 5 aromatic carbocycles. The van der Waals surface area contributed by atoms with Crippen LogP contribution in [-0.4, -0.2) is 115 Å². The van der Waals surface area contributed by atoms with E-state index < -0.39 is 16.0 Å². The SMILES string of the molecule is COC(=O)C1Cc2ccc(B3OC(C)(C)C(C)(C)O3)cc2C1.COC(=O)C1Cc2ccc(O)cc2C1.COC(=O)C1Cc2ccc(Oc3ccccn3)cc2C1.Cc1nc(N(C)C(=O)C2Cc3ccc(Oc4ccccn4)cc3C2)sc1S(N)(=O)=O.O=C(O)C1Cc2ccc(Oc3ccccn3)cc2C1.[CH3-].[W]. The zero-order chi connectivity index (χ0) is 74.9. The van der Waals surface area contributed by atoms with Crippen LogP contribution in [0.2, 0.25) is 0 Å². The molecule has 5 atom stereocenters. The van der Waals surface area contributed by atoms with Crippen LogP contribution in [0.5, 0.6) is 40.6 Å². The molecule has 15 rings (SSSR count). The van der Waals surface area contributed by atoms with Gasteiger partial charge in [0.1, 0.15) is 23.0 Å². The number of pyridine rings is 3. The molecule has 0 spiro atoms. The van der Waals surface area contributed by atoms with Gasteiger partial charge in [-0.05, 0) is 227 Å². The molecule has 4 aromatic heterocycles. The van der Waals surface area contributed by atoms with Crippen LogP contribution in [0, 0.1) is 43.9 Å². The molecular formula is C80H86BN6O17S2W-.